The van der Waals surface area contributed by atoms with Crippen molar-refractivity contribution >= 4 is 27.9 Å². The minimum Gasteiger partial charge on any atom is -0.493 e. The van der Waals surface area contributed by atoms with E-state index in [1.807, 2.05) is 30.4 Å². The fourth-order valence-electron chi connectivity index (χ4n) is 2.91. The normalized spacial score (nSPS) is 11.3. The van der Waals surface area contributed by atoms with Crippen molar-refractivity contribution in [3.8, 4) is 17.2 Å². The second-order valence-electron chi connectivity index (χ2n) is 6.34. The molecule has 3 aromatic rings. The quantitative estimate of drug-likeness (QED) is 0.530. The van der Waals surface area contributed by atoms with Gasteiger partial charge < -0.3 is 14.2 Å². The van der Waals surface area contributed by atoms with E-state index in [4.69, 9.17) is 14.2 Å². The fraction of sp³-hybridized carbons (Fsp3) is 0.130. The van der Waals surface area contributed by atoms with Crippen LogP contribution >= 0.6 is 0 Å². The van der Waals surface area contributed by atoms with Crippen LogP contribution in [-0.2, 0) is 10.0 Å². The zero-order chi connectivity index (χ0) is 21.6. The van der Waals surface area contributed by atoms with Gasteiger partial charge in [0.05, 0.1) is 26.2 Å². The van der Waals surface area contributed by atoms with Gasteiger partial charge in [0.15, 0.2) is 11.5 Å². The largest absolute Gasteiger partial charge is 0.493 e. The minimum absolute atomic E-state index is 0.211. The van der Waals surface area contributed by atoms with E-state index in [1.165, 1.54) is 0 Å². The third-order valence-corrected chi connectivity index (χ3v) is 5.74. The van der Waals surface area contributed by atoms with Gasteiger partial charge >= 0.3 is 0 Å². The Morgan fingerprint density at radius 1 is 0.733 bits per heavy atom. The highest BCUT2D eigenvalue weighted by molar-refractivity contribution is 7.92. The van der Waals surface area contributed by atoms with Crippen LogP contribution in [0.1, 0.15) is 11.1 Å². The summed E-state index contributed by atoms with van der Waals surface area (Å²) in [6.07, 6.45) is 3.76. The SMILES string of the molecule is COc1cc(C=Cc2cccc(NS(=O)(=O)c3ccccc3)c2)cc(OC)c1OC. The lowest BCUT2D eigenvalue weighted by molar-refractivity contribution is 0.324. The van der Waals surface area contributed by atoms with E-state index in [0.717, 1.165) is 11.1 Å². The van der Waals surface area contributed by atoms with Gasteiger partial charge in [0.2, 0.25) is 5.75 Å². The minimum atomic E-state index is -3.64. The molecule has 0 aliphatic rings. The summed E-state index contributed by atoms with van der Waals surface area (Å²) in [7, 11) is 1.03. The number of methoxy groups -OCH3 is 3. The van der Waals surface area contributed by atoms with Crippen LogP contribution in [0, 0.1) is 0 Å². The first-order chi connectivity index (χ1) is 14.5. The Hall–Kier alpha value is -3.45. The maximum absolute atomic E-state index is 12.5. The molecule has 0 spiro atoms. The number of anilines is 1. The van der Waals surface area contributed by atoms with Crippen LogP contribution < -0.4 is 18.9 Å². The lowest BCUT2D eigenvalue weighted by Crippen LogP contribution is -2.12. The molecular formula is C23H23NO5S. The molecule has 156 valence electrons. The van der Waals surface area contributed by atoms with E-state index in [0.29, 0.717) is 22.9 Å². The molecule has 3 aromatic carbocycles. The highest BCUT2D eigenvalue weighted by Crippen LogP contribution is 2.38. The molecule has 7 heteroatoms. The smallest absolute Gasteiger partial charge is 0.261 e. The van der Waals surface area contributed by atoms with Gasteiger partial charge in [0.25, 0.3) is 10.0 Å². The Labute approximate surface area is 176 Å². The molecular weight excluding hydrogens is 402 g/mol. The van der Waals surface area contributed by atoms with Crippen molar-refractivity contribution in [2.45, 2.75) is 4.90 Å². The molecule has 0 unspecified atom stereocenters. The second-order valence-corrected chi connectivity index (χ2v) is 8.02. The molecule has 0 heterocycles. The molecule has 0 saturated heterocycles. The summed E-state index contributed by atoms with van der Waals surface area (Å²) in [6, 6.07) is 19.1. The lowest BCUT2D eigenvalue weighted by atomic mass is 10.1. The van der Waals surface area contributed by atoms with E-state index in [1.54, 1.807) is 69.9 Å². The molecule has 6 nitrogen and oxygen atoms in total. The third kappa shape index (κ3) is 4.93. The zero-order valence-corrected chi connectivity index (χ0v) is 17.8. The van der Waals surface area contributed by atoms with Crippen molar-refractivity contribution in [1.82, 2.24) is 0 Å². The van der Waals surface area contributed by atoms with E-state index >= 15 is 0 Å². The van der Waals surface area contributed by atoms with Crippen molar-refractivity contribution in [3.05, 3.63) is 77.9 Å². The van der Waals surface area contributed by atoms with Crippen molar-refractivity contribution < 1.29 is 22.6 Å². The summed E-state index contributed by atoms with van der Waals surface area (Å²) >= 11 is 0. The lowest BCUT2D eigenvalue weighted by Gasteiger charge is -2.12. The average molecular weight is 426 g/mol. The highest BCUT2D eigenvalue weighted by atomic mass is 32.2. The van der Waals surface area contributed by atoms with Gasteiger partial charge in [-0.25, -0.2) is 8.42 Å². The summed E-state index contributed by atoms with van der Waals surface area (Å²) in [5.41, 5.74) is 2.16. The van der Waals surface area contributed by atoms with Gasteiger partial charge in [-0.2, -0.15) is 0 Å². The summed E-state index contributed by atoms with van der Waals surface area (Å²) in [5.74, 6) is 1.64. The van der Waals surface area contributed by atoms with Crippen molar-refractivity contribution in [1.29, 1.82) is 0 Å². The van der Waals surface area contributed by atoms with Gasteiger partial charge in [0.1, 0.15) is 0 Å². The number of nitrogens with one attached hydrogen (secondary N) is 1. The van der Waals surface area contributed by atoms with Crippen LogP contribution in [0.4, 0.5) is 5.69 Å². The third-order valence-electron chi connectivity index (χ3n) is 4.35. The van der Waals surface area contributed by atoms with E-state index < -0.39 is 10.0 Å². The van der Waals surface area contributed by atoms with Crippen LogP contribution in [-0.4, -0.2) is 29.7 Å². The van der Waals surface area contributed by atoms with Gasteiger partial charge in [-0.1, -0.05) is 42.5 Å². The standard InChI is InChI=1S/C23H23NO5S/c1-27-21-15-18(16-22(28-2)23(21)29-3)13-12-17-8-7-9-19(14-17)24-30(25,26)20-10-5-4-6-11-20/h4-16,24H,1-3H3. The molecule has 0 atom stereocenters. The Balaban J connectivity index is 1.84. The van der Waals surface area contributed by atoms with Gasteiger partial charge in [0, 0.05) is 5.69 Å². The maximum atomic E-state index is 12.5. The van der Waals surface area contributed by atoms with Crippen molar-refractivity contribution in [2.75, 3.05) is 26.1 Å². The van der Waals surface area contributed by atoms with Gasteiger partial charge in [-0.3, -0.25) is 4.72 Å². The second kappa shape index (κ2) is 9.37. The Bertz CT molecular complexity index is 1120. The first-order valence-corrected chi connectivity index (χ1v) is 10.6. The highest BCUT2D eigenvalue weighted by Gasteiger charge is 2.14. The molecule has 0 saturated carbocycles. The van der Waals surface area contributed by atoms with E-state index in [-0.39, 0.29) is 4.90 Å². The molecule has 1 N–H and O–H groups in total. The molecule has 0 radical (unpaired) electrons. The van der Waals surface area contributed by atoms with Gasteiger partial charge in [-0.05, 0) is 47.5 Å². The monoisotopic (exact) mass is 425 g/mol. The summed E-state index contributed by atoms with van der Waals surface area (Å²) < 4.78 is 43.7. The van der Waals surface area contributed by atoms with Crippen LogP contribution in [0.25, 0.3) is 12.2 Å². The molecule has 0 bridgehead atoms. The molecule has 0 fully saturated rings. The molecule has 0 amide bonds. The summed E-state index contributed by atoms with van der Waals surface area (Å²) in [6.45, 7) is 0. The van der Waals surface area contributed by atoms with Crippen LogP contribution in [0.3, 0.4) is 0 Å². The van der Waals surface area contributed by atoms with Crippen molar-refractivity contribution in [2.24, 2.45) is 0 Å². The Morgan fingerprint density at radius 3 is 1.97 bits per heavy atom. The number of benzene rings is 3. The Morgan fingerprint density at radius 2 is 1.37 bits per heavy atom. The van der Waals surface area contributed by atoms with Crippen LogP contribution in [0.15, 0.2) is 71.6 Å². The fourth-order valence-corrected chi connectivity index (χ4v) is 3.98. The first kappa shape index (κ1) is 21.3. The zero-order valence-electron chi connectivity index (χ0n) is 17.0. The summed E-state index contributed by atoms with van der Waals surface area (Å²) in [5, 5.41) is 0. The molecule has 0 aromatic heterocycles. The molecule has 3 rings (SSSR count). The maximum Gasteiger partial charge on any atom is 0.261 e. The van der Waals surface area contributed by atoms with Crippen molar-refractivity contribution in [3.63, 3.8) is 0 Å². The van der Waals surface area contributed by atoms with Crippen LogP contribution in [0.2, 0.25) is 0 Å². The predicted molar refractivity (Wildman–Crippen MR) is 119 cm³/mol. The van der Waals surface area contributed by atoms with E-state index in [2.05, 4.69) is 4.72 Å². The Kier molecular flexibility index (Phi) is 6.64. The molecule has 0 aliphatic carbocycles. The molecule has 0 aliphatic heterocycles. The topological polar surface area (TPSA) is 73.9 Å². The number of ether oxygens (including phenoxy) is 3. The average Bonchev–Trinajstić information content (AvgIpc) is 2.77. The number of sulfonamides is 1. The predicted octanol–water partition coefficient (Wildman–Crippen LogP) is 4.68. The summed E-state index contributed by atoms with van der Waals surface area (Å²) in [4.78, 5) is 0.211. The number of hydrogen-bond donors (Lipinski definition) is 1. The van der Waals surface area contributed by atoms with Crippen LogP contribution in [0.5, 0.6) is 17.2 Å². The number of hydrogen-bond acceptors (Lipinski definition) is 5. The van der Waals surface area contributed by atoms with Gasteiger partial charge in [-0.15, -0.1) is 0 Å². The number of rotatable bonds is 8. The van der Waals surface area contributed by atoms with E-state index in [9.17, 15) is 8.42 Å². The molecule has 30 heavy (non-hydrogen) atoms. The first-order valence-electron chi connectivity index (χ1n) is 9.13.